The lowest BCUT2D eigenvalue weighted by Gasteiger charge is -2.41. The minimum atomic E-state index is -0.560. The summed E-state index contributed by atoms with van der Waals surface area (Å²) < 4.78 is 6.56. The first-order chi connectivity index (χ1) is 13.2. The highest BCUT2D eigenvalue weighted by Crippen LogP contribution is 2.46. The summed E-state index contributed by atoms with van der Waals surface area (Å²) in [5.74, 6) is 1.24. The van der Waals surface area contributed by atoms with E-state index in [0.717, 1.165) is 57.4 Å². The summed E-state index contributed by atoms with van der Waals surface area (Å²) in [7, 11) is 0. The lowest BCUT2D eigenvalue weighted by Crippen LogP contribution is -2.47. The molecule has 146 valence electrons. The Morgan fingerprint density at radius 2 is 1.82 bits per heavy atom. The molecule has 0 fully saturated rings. The highest BCUT2D eigenvalue weighted by Gasteiger charge is 2.41. The Bertz CT molecular complexity index is 1090. The summed E-state index contributed by atoms with van der Waals surface area (Å²) in [6, 6.07) is 9.87. The van der Waals surface area contributed by atoms with Gasteiger partial charge in [-0.05, 0) is 81.8 Å². The van der Waals surface area contributed by atoms with Crippen molar-refractivity contribution in [2.75, 3.05) is 0 Å². The predicted molar refractivity (Wildman–Crippen MR) is 113 cm³/mol. The first-order valence-electron chi connectivity index (χ1n) is 9.85. The number of benzene rings is 2. The predicted octanol–water partition coefficient (Wildman–Crippen LogP) is 4.96. The highest BCUT2D eigenvalue weighted by molar-refractivity contribution is 5.82. The van der Waals surface area contributed by atoms with Gasteiger partial charge in [0, 0.05) is 10.9 Å². The van der Waals surface area contributed by atoms with Gasteiger partial charge in [-0.25, -0.2) is 0 Å². The Labute approximate surface area is 166 Å². The number of aryl methyl sites for hydroxylation is 1. The third-order valence-electron chi connectivity index (χ3n) is 6.47. The summed E-state index contributed by atoms with van der Waals surface area (Å²) in [6.45, 7) is 10.1. The van der Waals surface area contributed by atoms with Gasteiger partial charge in [0.15, 0.2) is 0 Å². The van der Waals surface area contributed by atoms with Gasteiger partial charge in [0.2, 0.25) is 0 Å². The smallest absolute Gasteiger partial charge is 0.127 e. The summed E-state index contributed by atoms with van der Waals surface area (Å²) in [5.41, 5.74) is 13.0. The lowest BCUT2D eigenvalue weighted by atomic mass is 9.82. The van der Waals surface area contributed by atoms with Gasteiger partial charge in [-0.15, -0.1) is 0 Å². The molecule has 4 rings (SSSR count). The Morgan fingerprint density at radius 1 is 1.11 bits per heavy atom. The molecule has 3 N–H and O–H groups in total. The van der Waals surface area contributed by atoms with Crippen LogP contribution in [0.3, 0.4) is 0 Å². The number of aromatic nitrogens is 1. The Morgan fingerprint density at radius 3 is 2.57 bits per heavy atom. The number of para-hydroxylation sites is 1. The van der Waals surface area contributed by atoms with Gasteiger partial charge in [-0.2, -0.15) is 0 Å². The molecule has 28 heavy (non-hydrogen) atoms. The molecule has 3 aromatic rings. The molecule has 4 heteroatoms. The number of aromatic hydroxyl groups is 1. The number of hydrogen-bond donors (Lipinski definition) is 2. The largest absolute Gasteiger partial charge is 0.507 e. The Kier molecular flexibility index (Phi) is 4.35. The molecule has 0 saturated carbocycles. The van der Waals surface area contributed by atoms with Crippen LogP contribution in [0.4, 0.5) is 0 Å². The first kappa shape index (κ1) is 18.8. The zero-order valence-electron chi connectivity index (χ0n) is 17.3. The van der Waals surface area contributed by atoms with Crippen molar-refractivity contribution in [3.63, 3.8) is 0 Å². The van der Waals surface area contributed by atoms with Crippen LogP contribution in [0.25, 0.3) is 10.9 Å². The fourth-order valence-electron chi connectivity index (χ4n) is 4.33. The number of fused-ring (bicyclic) bond motifs is 2. The van der Waals surface area contributed by atoms with E-state index in [1.165, 1.54) is 5.56 Å². The van der Waals surface area contributed by atoms with E-state index in [9.17, 15) is 5.11 Å². The van der Waals surface area contributed by atoms with Gasteiger partial charge in [0.05, 0.1) is 17.3 Å². The molecule has 0 radical (unpaired) electrons. The number of rotatable bonds is 2. The molecule has 4 nitrogen and oxygen atoms in total. The summed E-state index contributed by atoms with van der Waals surface area (Å²) in [6.07, 6.45) is 1.60. The SMILES string of the molecule is Cc1c(C)c2c(c(C)c1O)CCC(C)(C(N)c1cc(C)c3ccccc3n1)O2. The van der Waals surface area contributed by atoms with E-state index in [1.807, 2.05) is 39.0 Å². The lowest BCUT2D eigenvalue weighted by molar-refractivity contribution is 0.0357. The maximum atomic E-state index is 10.4. The molecule has 0 aliphatic carbocycles. The zero-order chi connectivity index (χ0) is 20.2. The fourth-order valence-corrected chi connectivity index (χ4v) is 4.33. The van der Waals surface area contributed by atoms with Crippen LogP contribution in [0.5, 0.6) is 11.5 Å². The molecule has 2 aromatic carbocycles. The number of nitrogens with two attached hydrogens (primary N) is 1. The number of pyridine rings is 1. The van der Waals surface area contributed by atoms with Crippen molar-refractivity contribution < 1.29 is 9.84 Å². The van der Waals surface area contributed by atoms with Crippen LogP contribution in [-0.4, -0.2) is 15.7 Å². The van der Waals surface area contributed by atoms with Crippen molar-refractivity contribution in [2.24, 2.45) is 5.73 Å². The van der Waals surface area contributed by atoms with Crippen molar-refractivity contribution in [2.45, 2.75) is 59.1 Å². The van der Waals surface area contributed by atoms with Crippen LogP contribution < -0.4 is 10.5 Å². The normalized spacial score (nSPS) is 19.9. The van der Waals surface area contributed by atoms with Gasteiger partial charge in [0.25, 0.3) is 0 Å². The molecular formula is C24H28N2O2. The minimum Gasteiger partial charge on any atom is -0.507 e. The van der Waals surface area contributed by atoms with Crippen LogP contribution >= 0.6 is 0 Å². The fraction of sp³-hybridized carbons (Fsp3) is 0.375. The van der Waals surface area contributed by atoms with Crippen LogP contribution in [0, 0.1) is 27.7 Å². The van der Waals surface area contributed by atoms with Crippen molar-refractivity contribution >= 4 is 10.9 Å². The van der Waals surface area contributed by atoms with Gasteiger partial charge in [0.1, 0.15) is 17.1 Å². The quantitative estimate of drug-likeness (QED) is 0.663. The van der Waals surface area contributed by atoms with E-state index >= 15 is 0 Å². The molecule has 2 unspecified atom stereocenters. The first-order valence-corrected chi connectivity index (χ1v) is 9.85. The molecule has 0 saturated heterocycles. The Hall–Kier alpha value is -2.59. The average molecular weight is 377 g/mol. The van der Waals surface area contributed by atoms with Gasteiger partial charge < -0.3 is 15.6 Å². The average Bonchev–Trinajstić information content (AvgIpc) is 2.70. The number of ether oxygens (including phenoxy) is 1. The second-order valence-corrected chi connectivity index (χ2v) is 8.30. The van der Waals surface area contributed by atoms with Crippen molar-refractivity contribution in [3.05, 3.63) is 63.8 Å². The van der Waals surface area contributed by atoms with Gasteiger partial charge in [-0.1, -0.05) is 18.2 Å². The minimum absolute atomic E-state index is 0.349. The van der Waals surface area contributed by atoms with Gasteiger partial charge >= 0.3 is 0 Å². The molecule has 2 atom stereocenters. The van der Waals surface area contributed by atoms with E-state index in [0.29, 0.717) is 5.75 Å². The molecule has 0 bridgehead atoms. The van der Waals surface area contributed by atoms with Gasteiger partial charge in [-0.3, -0.25) is 4.98 Å². The van der Waals surface area contributed by atoms with Crippen LogP contribution in [0.2, 0.25) is 0 Å². The van der Waals surface area contributed by atoms with Crippen LogP contribution in [-0.2, 0) is 6.42 Å². The van der Waals surface area contributed by atoms with E-state index in [1.54, 1.807) is 0 Å². The van der Waals surface area contributed by atoms with Crippen LogP contribution in [0.15, 0.2) is 30.3 Å². The number of phenols is 1. The molecule has 1 aliphatic heterocycles. The zero-order valence-corrected chi connectivity index (χ0v) is 17.3. The topological polar surface area (TPSA) is 68.4 Å². The van der Waals surface area contributed by atoms with Crippen molar-refractivity contribution in [1.29, 1.82) is 0 Å². The number of nitrogens with zero attached hydrogens (tertiary/aromatic N) is 1. The summed E-state index contributed by atoms with van der Waals surface area (Å²) in [4.78, 5) is 4.84. The number of phenolic OH excluding ortho intramolecular Hbond substituents is 1. The third-order valence-corrected chi connectivity index (χ3v) is 6.47. The Balaban J connectivity index is 1.76. The third kappa shape index (κ3) is 2.75. The monoisotopic (exact) mass is 376 g/mol. The molecule has 2 heterocycles. The molecular weight excluding hydrogens is 348 g/mol. The second-order valence-electron chi connectivity index (χ2n) is 8.30. The molecule has 1 aliphatic rings. The standard InChI is InChI=1S/C24H28N2O2/c1-13-12-20(26-19-9-7-6-8-17(13)19)23(25)24(5)11-10-18-16(4)21(27)14(2)15(3)22(18)28-24/h6-9,12,23,27H,10-11,25H2,1-5H3. The van der Waals surface area contributed by atoms with Crippen LogP contribution in [0.1, 0.15) is 52.9 Å². The molecule has 0 spiro atoms. The highest BCUT2D eigenvalue weighted by atomic mass is 16.5. The van der Waals surface area contributed by atoms with E-state index in [2.05, 4.69) is 26.0 Å². The van der Waals surface area contributed by atoms with E-state index < -0.39 is 5.60 Å². The molecule has 1 aromatic heterocycles. The van der Waals surface area contributed by atoms with E-state index in [-0.39, 0.29) is 6.04 Å². The second kappa shape index (κ2) is 6.49. The van der Waals surface area contributed by atoms with Crippen molar-refractivity contribution in [1.82, 2.24) is 4.98 Å². The summed E-state index contributed by atoms with van der Waals surface area (Å²) in [5, 5.41) is 11.6. The summed E-state index contributed by atoms with van der Waals surface area (Å²) >= 11 is 0. The van der Waals surface area contributed by atoms with E-state index in [4.69, 9.17) is 15.5 Å². The molecule has 0 amide bonds. The maximum Gasteiger partial charge on any atom is 0.127 e. The van der Waals surface area contributed by atoms with Crippen molar-refractivity contribution in [3.8, 4) is 11.5 Å². The number of hydrogen-bond acceptors (Lipinski definition) is 4. The maximum absolute atomic E-state index is 10.4.